The Bertz CT molecular complexity index is 771. The Morgan fingerprint density at radius 2 is 1.88 bits per heavy atom. The number of hydrogen-bond acceptors (Lipinski definition) is 4. The van der Waals surface area contributed by atoms with Gasteiger partial charge < -0.3 is 9.80 Å². The average Bonchev–Trinajstić information content (AvgIpc) is 2.62. The predicted molar refractivity (Wildman–Crippen MR) is 107 cm³/mol. The molecule has 1 saturated heterocycles. The summed E-state index contributed by atoms with van der Waals surface area (Å²) < 4.78 is 14.6. The summed E-state index contributed by atoms with van der Waals surface area (Å²) in [4.78, 5) is 13.2. The second-order valence-corrected chi connectivity index (χ2v) is 7.56. The smallest absolute Gasteiger partial charge is 0.228 e. The van der Waals surface area contributed by atoms with Gasteiger partial charge in [0.05, 0.1) is 10.6 Å². The van der Waals surface area contributed by atoms with E-state index in [0.29, 0.717) is 28.3 Å². The minimum absolute atomic E-state index is 0.218. The fourth-order valence-corrected chi connectivity index (χ4v) is 3.64. The van der Waals surface area contributed by atoms with Gasteiger partial charge in [0, 0.05) is 32.2 Å². The van der Waals surface area contributed by atoms with Crippen molar-refractivity contribution in [1.29, 1.82) is 0 Å². The van der Waals surface area contributed by atoms with E-state index in [1.54, 1.807) is 12.1 Å². The molecule has 0 atom stereocenters. The van der Waals surface area contributed by atoms with Crippen LogP contribution in [-0.2, 0) is 0 Å². The summed E-state index contributed by atoms with van der Waals surface area (Å²) in [5.41, 5.74) is 0.732. The molecular formula is C19H23Cl2FN4. The number of halogens is 3. The third kappa shape index (κ3) is 3.74. The Morgan fingerprint density at radius 3 is 2.50 bits per heavy atom. The number of anilines is 2. The minimum Gasteiger partial charge on any atom is -0.356 e. The molecule has 0 spiro atoms. The van der Waals surface area contributed by atoms with Crippen molar-refractivity contribution in [3.8, 4) is 11.1 Å². The SMILES string of the molecule is CCN(C)c1nc(Cl)c(-c2c(F)cccc2Cl)c(N2CCC(C)CC2)n1. The van der Waals surface area contributed by atoms with Crippen LogP contribution in [0.4, 0.5) is 16.2 Å². The lowest BCUT2D eigenvalue weighted by Crippen LogP contribution is -2.34. The maximum Gasteiger partial charge on any atom is 0.228 e. The monoisotopic (exact) mass is 396 g/mol. The molecule has 0 radical (unpaired) electrons. The van der Waals surface area contributed by atoms with E-state index in [9.17, 15) is 4.39 Å². The highest BCUT2D eigenvalue weighted by Crippen LogP contribution is 2.41. The van der Waals surface area contributed by atoms with E-state index in [1.807, 2.05) is 18.9 Å². The molecule has 2 aromatic rings. The van der Waals surface area contributed by atoms with Crippen molar-refractivity contribution >= 4 is 35.0 Å². The molecule has 0 N–H and O–H groups in total. The number of benzene rings is 1. The van der Waals surface area contributed by atoms with E-state index in [1.165, 1.54) is 6.07 Å². The fourth-order valence-electron chi connectivity index (χ4n) is 3.12. The summed E-state index contributed by atoms with van der Waals surface area (Å²) in [7, 11) is 1.91. The van der Waals surface area contributed by atoms with Crippen molar-refractivity contribution in [2.75, 3.05) is 36.5 Å². The number of rotatable bonds is 4. The molecule has 26 heavy (non-hydrogen) atoms. The van der Waals surface area contributed by atoms with Crippen molar-refractivity contribution < 1.29 is 4.39 Å². The van der Waals surface area contributed by atoms with Crippen LogP contribution >= 0.6 is 23.2 Å². The van der Waals surface area contributed by atoms with Gasteiger partial charge in [0.1, 0.15) is 16.8 Å². The van der Waals surface area contributed by atoms with Crippen LogP contribution in [0.15, 0.2) is 18.2 Å². The summed E-state index contributed by atoms with van der Waals surface area (Å²) in [6.45, 7) is 6.70. The quantitative estimate of drug-likeness (QED) is 0.657. The Kier molecular flexibility index (Phi) is 5.88. The van der Waals surface area contributed by atoms with Gasteiger partial charge in [-0.3, -0.25) is 0 Å². The summed E-state index contributed by atoms with van der Waals surface area (Å²) in [6, 6.07) is 4.62. The molecule has 1 aromatic carbocycles. The molecule has 7 heteroatoms. The van der Waals surface area contributed by atoms with Gasteiger partial charge in [-0.1, -0.05) is 36.2 Å². The molecule has 0 bridgehead atoms. The molecule has 1 fully saturated rings. The third-order valence-electron chi connectivity index (χ3n) is 4.95. The Hall–Kier alpha value is -1.59. The molecule has 0 unspecified atom stereocenters. The molecule has 0 saturated carbocycles. The van der Waals surface area contributed by atoms with E-state index in [2.05, 4.69) is 16.8 Å². The molecule has 0 aliphatic carbocycles. The molecule has 1 aromatic heterocycles. The van der Waals surface area contributed by atoms with Gasteiger partial charge in [0.25, 0.3) is 0 Å². The Labute approximate surface area is 163 Å². The first kappa shape index (κ1) is 19.2. The van der Waals surface area contributed by atoms with Gasteiger partial charge in [-0.15, -0.1) is 0 Å². The topological polar surface area (TPSA) is 32.3 Å². The van der Waals surface area contributed by atoms with E-state index in [0.717, 1.165) is 32.5 Å². The van der Waals surface area contributed by atoms with Gasteiger partial charge in [-0.05, 0) is 37.8 Å². The minimum atomic E-state index is -0.425. The van der Waals surface area contributed by atoms with Crippen LogP contribution < -0.4 is 9.80 Å². The lowest BCUT2D eigenvalue weighted by Gasteiger charge is -2.33. The Balaban J connectivity index is 2.19. The van der Waals surface area contributed by atoms with E-state index in [4.69, 9.17) is 28.2 Å². The zero-order valence-electron chi connectivity index (χ0n) is 15.3. The van der Waals surface area contributed by atoms with E-state index in [-0.39, 0.29) is 10.7 Å². The van der Waals surface area contributed by atoms with Gasteiger partial charge in [0.15, 0.2) is 0 Å². The predicted octanol–water partition coefficient (Wildman–Crippen LogP) is 5.28. The summed E-state index contributed by atoms with van der Waals surface area (Å²) in [5.74, 6) is 1.43. The number of aromatic nitrogens is 2. The summed E-state index contributed by atoms with van der Waals surface area (Å²) >= 11 is 12.8. The summed E-state index contributed by atoms with van der Waals surface area (Å²) in [6.07, 6.45) is 2.12. The third-order valence-corrected chi connectivity index (χ3v) is 5.53. The number of nitrogens with zero attached hydrogens (tertiary/aromatic N) is 4. The molecule has 3 rings (SSSR count). The zero-order chi connectivity index (χ0) is 18.8. The first-order chi connectivity index (χ1) is 12.4. The van der Waals surface area contributed by atoms with Crippen LogP contribution in [0.1, 0.15) is 26.7 Å². The lowest BCUT2D eigenvalue weighted by molar-refractivity contribution is 0.436. The highest BCUT2D eigenvalue weighted by atomic mass is 35.5. The Morgan fingerprint density at radius 1 is 1.19 bits per heavy atom. The van der Waals surface area contributed by atoms with Crippen molar-refractivity contribution in [3.63, 3.8) is 0 Å². The normalized spacial score (nSPS) is 15.4. The van der Waals surface area contributed by atoms with Gasteiger partial charge in [0.2, 0.25) is 5.95 Å². The van der Waals surface area contributed by atoms with Crippen LogP contribution in [0, 0.1) is 11.7 Å². The second kappa shape index (κ2) is 7.97. The molecule has 1 aliphatic heterocycles. The molecule has 2 heterocycles. The highest BCUT2D eigenvalue weighted by Gasteiger charge is 2.27. The maximum atomic E-state index is 14.6. The zero-order valence-corrected chi connectivity index (χ0v) is 16.8. The molecule has 140 valence electrons. The molecule has 4 nitrogen and oxygen atoms in total. The molecular weight excluding hydrogens is 374 g/mol. The second-order valence-electron chi connectivity index (χ2n) is 6.79. The standard InChI is InChI=1S/C19H23Cl2FN4/c1-4-25(3)19-23-17(21)16(15-13(20)6-5-7-14(15)22)18(24-19)26-10-8-12(2)9-11-26/h5-7,12H,4,8-11H2,1-3H3. The number of piperidine rings is 1. The highest BCUT2D eigenvalue weighted by molar-refractivity contribution is 6.36. The largest absolute Gasteiger partial charge is 0.356 e. The lowest BCUT2D eigenvalue weighted by atomic mass is 9.98. The van der Waals surface area contributed by atoms with Crippen molar-refractivity contribution in [2.24, 2.45) is 5.92 Å². The van der Waals surface area contributed by atoms with E-state index >= 15 is 0 Å². The van der Waals surface area contributed by atoms with Gasteiger partial charge >= 0.3 is 0 Å². The number of hydrogen-bond donors (Lipinski definition) is 0. The summed E-state index contributed by atoms with van der Waals surface area (Å²) in [5, 5.41) is 0.523. The van der Waals surface area contributed by atoms with Crippen LogP contribution in [0.5, 0.6) is 0 Å². The fraction of sp³-hybridized carbons (Fsp3) is 0.474. The van der Waals surface area contributed by atoms with Gasteiger partial charge in [-0.2, -0.15) is 4.98 Å². The van der Waals surface area contributed by atoms with Crippen LogP contribution in [0.2, 0.25) is 10.2 Å². The van der Waals surface area contributed by atoms with Gasteiger partial charge in [-0.25, -0.2) is 9.37 Å². The first-order valence-corrected chi connectivity index (χ1v) is 9.66. The van der Waals surface area contributed by atoms with Crippen molar-refractivity contribution in [2.45, 2.75) is 26.7 Å². The van der Waals surface area contributed by atoms with E-state index < -0.39 is 5.82 Å². The maximum absolute atomic E-state index is 14.6. The molecule has 1 aliphatic rings. The average molecular weight is 397 g/mol. The first-order valence-electron chi connectivity index (χ1n) is 8.90. The van der Waals surface area contributed by atoms with Crippen molar-refractivity contribution in [3.05, 3.63) is 34.2 Å². The van der Waals surface area contributed by atoms with Crippen LogP contribution in [-0.4, -0.2) is 36.6 Å². The molecule has 0 amide bonds. The van der Waals surface area contributed by atoms with Crippen LogP contribution in [0.3, 0.4) is 0 Å². The van der Waals surface area contributed by atoms with Crippen LogP contribution in [0.25, 0.3) is 11.1 Å². The van der Waals surface area contributed by atoms with Crippen molar-refractivity contribution in [1.82, 2.24) is 9.97 Å².